The Labute approximate surface area is 224 Å². The number of carbonyl (C=O) groups excluding carboxylic acids is 1. The van der Waals surface area contributed by atoms with Crippen LogP contribution in [0, 0.1) is 0 Å². The summed E-state index contributed by atoms with van der Waals surface area (Å²) in [6.45, 7) is 0.358. The van der Waals surface area contributed by atoms with Gasteiger partial charge in [-0.2, -0.15) is 4.98 Å². The van der Waals surface area contributed by atoms with Crippen LogP contribution in [0.2, 0.25) is 5.02 Å². The van der Waals surface area contributed by atoms with Crippen molar-refractivity contribution in [2.45, 2.75) is 42.8 Å². The molecule has 0 amide bonds. The molecule has 1 aliphatic heterocycles. The molecule has 0 bridgehead atoms. The number of halogens is 1. The number of ketones is 1. The number of thioether (sulfide) groups is 1. The van der Waals surface area contributed by atoms with Crippen LogP contribution < -0.4 is 10.1 Å². The maximum Gasteiger partial charge on any atom is 0.227 e. The van der Waals surface area contributed by atoms with Crippen molar-refractivity contribution in [3.8, 4) is 5.75 Å². The molecule has 37 heavy (non-hydrogen) atoms. The van der Waals surface area contributed by atoms with E-state index in [-0.39, 0.29) is 11.8 Å². The standard InChI is InChI=1S/C29H25ClN4O2S/c30-23-13-5-4-10-21(23)17-36-22-12-6-11-20(16-22)27-26-24(14-7-15-25(26)35)31-28-32-29(33-34(27)28)37-18-19-8-2-1-3-9-19/h1-6,8-13,16,27H,7,14-15,17-18H2,(H,31,32,33). The molecule has 0 spiro atoms. The van der Waals surface area contributed by atoms with Gasteiger partial charge in [0, 0.05) is 34.0 Å². The molecular formula is C29H25ClN4O2S. The van der Waals surface area contributed by atoms with E-state index in [1.807, 2.05) is 71.4 Å². The Morgan fingerprint density at radius 3 is 2.73 bits per heavy atom. The zero-order chi connectivity index (χ0) is 25.2. The SMILES string of the molecule is O=C1CCCC2=C1C(c1cccc(OCc3ccccc3Cl)c1)n1nc(SCc3ccccc3)nc1N2. The van der Waals surface area contributed by atoms with E-state index in [0.29, 0.717) is 34.9 Å². The van der Waals surface area contributed by atoms with Crippen LogP contribution >= 0.6 is 23.4 Å². The lowest BCUT2D eigenvalue weighted by Crippen LogP contribution is -2.31. The molecule has 1 unspecified atom stereocenters. The second-order valence-corrected chi connectivity index (χ2v) is 10.4. The predicted octanol–water partition coefficient (Wildman–Crippen LogP) is 6.82. The summed E-state index contributed by atoms with van der Waals surface area (Å²) in [6.07, 6.45) is 2.20. The second kappa shape index (κ2) is 10.4. The van der Waals surface area contributed by atoms with Crippen molar-refractivity contribution < 1.29 is 9.53 Å². The minimum atomic E-state index is -0.360. The molecular weight excluding hydrogens is 504 g/mol. The van der Waals surface area contributed by atoms with Gasteiger partial charge in [0.2, 0.25) is 11.1 Å². The number of benzene rings is 3. The summed E-state index contributed by atoms with van der Waals surface area (Å²) in [6, 6.07) is 25.4. The van der Waals surface area contributed by atoms with Crippen LogP contribution in [-0.4, -0.2) is 20.5 Å². The Bertz CT molecular complexity index is 1480. The molecule has 1 atom stereocenters. The van der Waals surface area contributed by atoms with Gasteiger partial charge in [-0.3, -0.25) is 4.79 Å². The first-order valence-electron chi connectivity index (χ1n) is 12.3. The van der Waals surface area contributed by atoms with Gasteiger partial charge in [0.15, 0.2) is 5.78 Å². The van der Waals surface area contributed by atoms with Crippen LogP contribution in [0.1, 0.15) is 42.0 Å². The van der Waals surface area contributed by atoms with Gasteiger partial charge in [0.05, 0.1) is 0 Å². The van der Waals surface area contributed by atoms with Crippen LogP contribution in [0.3, 0.4) is 0 Å². The molecule has 0 fully saturated rings. The summed E-state index contributed by atoms with van der Waals surface area (Å²) in [5, 5.41) is 9.60. The number of anilines is 1. The van der Waals surface area contributed by atoms with Crippen molar-refractivity contribution in [2.75, 3.05) is 5.32 Å². The van der Waals surface area contributed by atoms with Crippen molar-refractivity contribution in [1.29, 1.82) is 0 Å². The van der Waals surface area contributed by atoms with Gasteiger partial charge in [-0.25, -0.2) is 4.68 Å². The average molecular weight is 529 g/mol. The monoisotopic (exact) mass is 528 g/mol. The number of ether oxygens (including phenoxy) is 1. The molecule has 1 aromatic heterocycles. The Morgan fingerprint density at radius 1 is 1.03 bits per heavy atom. The molecule has 1 aliphatic carbocycles. The highest BCUT2D eigenvalue weighted by molar-refractivity contribution is 7.98. The molecule has 6 nitrogen and oxygen atoms in total. The number of carbonyl (C=O) groups is 1. The van der Waals surface area contributed by atoms with Crippen molar-refractivity contribution in [3.05, 3.63) is 112 Å². The summed E-state index contributed by atoms with van der Waals surface area (Å²) in [4.78, 5) is 17.9. The van der Waals surface area contributed by atoms with Crippen LogP contribution in [-0.2, 0) is 17.2 Å². The fourth-order valence-corrected chi connectivity index (χ4v) is 5.75. The molecule has 186 valence electrons. The van der Waals surface area contributed by atoms with E-state index in [2.05, 4.69) is 17.4 Å². The minimum Gasteiger partial charge on any atom is -0.489 e. The minimum absolute atomic E-state index is 0.153. The number of aromatic nitrogens is 3. The van der Waals surface area contributed by atoms with Gasteiger partial charge in [-0.05, 0) is 42.2 Å². The number of nitrogens with one attached hydrogen (secondary N) is 1. The quantitative estimate of drug-likeness (QED) is 0.265. The lowest BCUT2D eigenvalue weighted by Gasteiger charge is -2.32. The first-order chi connectivity index (χ1) is 18.2. The molecule has 0 saturated carbocycles. The molecule has 3 aromatic carbocycles. The van der Waals surface area contributed by atoms with E-state index in [0.717, 1.165) is 41.0 Å². The van der Waals surface area contributed by atoms with Gasteiger partial charge in [0.1, 0.15) is 18.4 Å². The van der Waals surface area contributed by atoms with Crippen LogP contribution in [0.25, 0.3) is 0 Å². The van der Waals surface area contributed by atoms with E-state index in [1.54, 1.807) is 11.8 Å². The third kappa shape index (κ3) is 5.02. The number of nitrogens with zero attached hydrogens (tertiary/aromatic N) is 3. The first-order valence-corrected chi connectivity index (χ1v) is 13.6. The van der Waals surface area contributed by atoms with Gasteiger partial charge < -0.3 is 10.1 Å². The summed E-state index contributed by atoms with van der Waals surface area (Å²) in [7, 11) is 0. The van der Waals surface area contributed by atoms with Crippen LogP contribution in [0.15, 0.2) is 95.3 Å². The second-order valence-electron chi connectivity index (χ2n) is 9.09. The van der Waals surface area contributed by atoms with Gasteiger partial charge in [-0.15, -0.1) is 5.10 Å². The number of rotatable bonds is 7. The smallest absolute Gasteiger partial charge is 0.227 e. The number of allylic oxidation sites excluding steroid dienone is 2. The summed E-state index contributed by atoms with van der Waals surface area (Å²) in [5.41, 5.74) is 4.78. The molecule has 0 saturated heterocycles. The van der Waals surface area contributed by atoms with E-state index in [9.17, 15) is 4.79 Å². The third-order valence-corrected chi connectivity index (χ3v) is 7.86. The fourth-order valence-electron chi connectivity index (χ4n) is 4.78. The maximum absolute atomic E-state index is 13.2. The topological polar surface area (TPSA) is 69.0 Å². The van der Waals surface area contributed by atoms with Crippen molar-refractivity contribution in [2.24, 2.45) is 0 Å². The van der Waals surface area contributed by atoms with E-state index in [1.165, 1.54) is 5.56 Å². The lowest BCUT2D eigenvalue weighted by molar-refractivity contribution is -0.116. The zero-order valence-electron chi connectivity index (χ0n) is 20.1. The normalized spacial score (nSPS) is 16.7. The predicted molar refractivity (Wildman–Crippen MR) is 146 cm³/mol. The summed E-state index contributed by atoms with van der Waals surface area (Å²) in [5.74, 6) is 2.30. The van der Waals surface area contributed by atoms with Crippen molar-refractivity contribution in [1.82, 2.24) is 14.8 Å². The maximum atomic E-state index is 13.2. The molecule has 2 heterocycles. The molecule has 2 aliphatic rings. The molecule has 6 rings (SSSR count). The number of Topliss-reactive ketones (excluding diaryl/α,β-unsaturated/α-hetero) is 1. The van der Waals surface area contributed by atoms with Gasteiger partial charge in [-0.1, -0.05) is 84.0 Å². The van der Waals surface area contributed by atoms with E-state index < -0.39 is 0 Å². The number of hydrogen-bond acceptors (Lipinski definition) is 6. The molecule has 1 N–H and O–H groups in total. The Kier molecular flexibility index (Phi) is 6.72. The van der Waals surface area contributed by atoms with E-state index >= 15 is 0 Å². The van der Waals surface area contributed by atoms with Crippen LogP contribution in [0.4, 0.5) is 5.95 Å². The zero-order valence-corrected chi connectivity index (χ0v) is 21.6. The lowest BCUT2D eigenvalue weighted by atomic mass is 9.85. The molecule has 0 radical (unpaired) electrons. The molecule has 8 heteroatoms. The fraction of sp³-hybridized carbons (Fsp3) is 0.207. The van der Waals surface area contributed by atoms with Gasteiger partial charge >= 0.3 is 0 Å². The Morgan fingerprint density at radius 2 is 1.86 bits per heavy atom. The summed E-state index contributed by atoms with van der Waals surface area (Å²) < 4.78 is 7.95. The van der Waals surface area contributed by atoms with Crippen LogP contribution in [0.5, 0.6) is 5.75 Å². The Hall–Kier alpha value is -3.55. The van der Waals surface area contributed by atoms with Crippen molar-refractivity contribution in [3.63, 3.8) is 0 Å². The highest BCUT2D eigenvalue weighted by atomic mass is 35.5. The highest BCUT2D eigenvalue weighted by Crippen LogP contribution is 2.41. The number of hydrogen-bond donors (Lipinski definition) is 1. The average Bonchev–Trinajstić information content (AvgIpc) is 3.34. The van der Waals surface area contributed by atoms with Crippen molar-refractivity contribution >= 4 is 35.1 Å². The highest BCUT2D eigenvalue weighted by Gasteiger charge is 2.37. The number of fused-ring (bicyclic) bond motifs is 1. The largest absolute Gasteiger partial charge is 0.489 e. The third-order valence-electron chi connectivity index (χ3n) is 6.59. The van der Waals surface area contributed by atoms with E-state index in [4.69, 9.17) is 26.4 Å². The van der Waals surface area contributed by atoms with Gasteiger partial charge in [0.25, 0.3) is 0 Å². The Balaban J connectivity index is 1.31. The first kappa shape index (κ1) is 23.8. The summed E-state index contributed by atoms with van der Waals surface area (Å²) >= 11 is 7.89. The molecule has 4 aromatic rings.